The second-order valence-corrected chi connectivity index (χ2v) is 8.03. The molecule has 1 unspecified atom stereocenters. The van der Waals surface area contributed by atoms with Crippen molar-refractivity contribution >= 4 is 28.9 Å². The third kappa shape index (κ3) is 6.50. The van der Waals surface area contributed by atoms with Crippen molar-refractivity contribution in [2.24, 2.45) is 0 Å². The Balaban J connectivity index is 1.84. The van der Waals surface area contributed by atoms with Gasteiger partial charge in [-0.1, -0.05) is 6.92 Å². The maximum atomic E-state index is 12.3. The van der Waals surface area contributed by atoms with E-state index in [2.05, 4.69) is 15.2 Å². The lowest BCUT2D eigenvalue weighted by Gasteiger charge is -2.22. The van der Waals surface area contributed by atoms with Gasteiger partial charge in [0.25, 0.3) is 0 Å². The van der Waals surface area contributed by atoms with Gasteiger partial charge in [-0.05, 0) is 57.9 Å². The summed E-state index contributed by atoms with van der Waals surface area (Å²) in [6, 6.07) is 6.73. The molecule has 30 heavy (non-hydrogen) atoms. The van der Waals surface area contributed by atoms with E-state index < -0.39 is 17.7 Å². The van der Waals surface area contributed by atoms with Crippen molar-refractivity contribution in [2.75, 3.05) is 13.7 Å². The average molecular weight is 418 g/mol. The van der Waals surface area contributed by atoms with Gasteiger partial charge in [0.15, 0.2) is 0 Å². The minimum atomic E-state index is -0.635. The smallest absolute Gasteiger partial charge is 0.408 e. The van der Waals surface area contributed by atoms with Crippen LogP contribution in [0.4, 0.5) is 4.79 Å². The number of hydrogen-bond donors (Lipinski definition) is 2. The summed E-state index contributed by atoms with van der Waals surface area (Å²) in [5.74, 6) is -0.596. The van der Waals surface area contributed by atoms with Gasteiger partial charge in [-0.25, -0.2) is 9.59 Å². The van der Waals surface area contributed by atoms with Crippen LogP contribution in [0.5, 0.6) is 0 Å². The Morgan fingerprint density at radius 3 is 2.53 bits per heavy atom. The van der Waals surface area contributed by atoms with Crippen LogP contribution >= 0.6 is 0 Å². The molecule has 0 aliphatic heterocycles. The number of aryl methyl sites for hydroxylation is 1. The number of carbonyl (C=O) groups is 3. The molecular formula is C22H31N3O5. The van der Waals surface area contributed by atoms with Gasteiger partial charge in [0.2, 0.25) is 5.91 Å². The maximum absolute atomic E-state index is 12.3. The van der Waals surface area contributed by atoms with E-state index in [9.17, 15) is 14.4 Å². The van der Waals surface area contributed by atoms with Gasteiger partial charge in [0.1, 0.15) is 11.6 Å². The molecule has 0 spiro atoms. The molecule has 2 aromatic rings. The number of ether oxygens (including phenoxy) is 2. The SMILES string of the molecule is CCC(NC(=O)OC(C)(C)C)C(=O)NCCCn1ccc2cc(C(=O)OC)ccc21. The number of alkyl carbamates (subject to hydrolysis) is 1. The Morgan fingerprint density at radius 2 is 1.90 bits per heavy atom. The van der Waals surface area contributed by atoms with E-state index in [1.807, 2.05) is 25.3 Å². The number of nitrogens with zero attached hydrogens (tertiary/aromatic N) is 1. The number of benzene rings is 1. The number of rotatable bonds is 8. The average Bonchev–Trinajstić information content (AvgIpc) is 3.09. The van der Waals surface area contributed by atoms with E-state index in [0.29, 0.717) is 25.1 Å². The minimum absolute atomic E-state index is 0.233. The van der Waals surface area contributed by atoms with Crippen LogP contribution < -0.4 is 10.6 Å². The van der Waals surface area contributed by atoms with Crippen LogP contribution in [-0.4, -0.2) is 47.8 Å². The zero-order valence-electron chi connectivity index (χ0n) is 18.3. The molecular weight excluding hydrogens is 386 g/mol. The van der Waals surface area contributed by atoms with Gasteiger partial charge in [0, 0.05) is 30.2 Å². The molecule has 164 valence electrons. The molecule has 1 atom stereocenters. The van der Waals surface area contributed by atoms with E-state index >= 15 is 0 Å². The van der Waals surface area contributed by atoms with Crippen molar-refractivity contribution < 1.29 is 23.9 Å². The standard InChI is InChI=1S/C22H31N3O5/c1-6-17(24-21(28)30-22(2,3)4)19(26)23-11-7-12-25-13-10-15-14-16(20(27)29-5)8-9-18(15)25/h8-10,13-14,17H,6-7,11-12H2,1-5H3,(H,23,26)(H,24,28). The van der Waals surface area contributed by atoms with Gasteiger partial charge in [-0.3, -0.25) is 4.79 Å². The second-order valence-electron chi connectivity index (χ2n) is 8.03. The van der Waals surface area contributed by atoms with E-state index in [1.54, 1.807) is 32.9 Å². The summed E-state index contributed by atoms with van der Waals surface area (Å²) in [6.45, 7) is 8.33. The molecule has 0 radical (unpaired) electrons. The summed E-state index contributed by atoms with van der Waals surface area (Å²) in [6.07, 6.45) is 2.54. The Labute approximate surface area is 176 Å². The van der Waals surface area contributed by atoms with Gasteiger partial charge in [-0.15, -0.1) is 0 Å². The lowest BCUT2D eigenvalue weighted by molar-refractivity contribution is -0.123. The molecule has 2 rings (SSSR count). The molecule has 0 saturated heterocycles. The summed E-state index contributed by atoms with van der Waals surface area (Å²) in [5, 5.41) is 6.42. The monoisotopic (exact) mass is 417 g/mol. The second kappa shape index (κ2) is 10.1. The van der Waals surface area contributed by atoms with Gasteiger partial charge in [0.05, 0.1) is 12.7 Å². The zero-order valence-corrected chi connectivity index (χ0v) is 18.3. The van der Waals surface area contributed by atoms with Crippen LogP contribution in [0.2, 0.25) is 0 Å². The molecule has 0 bridgehead atoms. The molecule has 1 aromatic heterocycles. The molecule has 0 fully saturated rings. The largest absolute Gasteiger partial charge is 0.465 e. The highest BCUT2D eigenvalue weighted by atomic mass is 16.6. The summed E-state index contributed by atoms with van der Waals surface area (Å²) in [7, 11) is 1.36. The molecule has 2 N–H and O–H groups in total. The zero-order chi connectivity index (χ0) is 22.3. The third-order valence-electron chi connectivity index (χ3n) is 4.48. The number of esters is 1. The van der Waals surface area contributed by atoms with Gasteiger partial charge >= 0.3 is 12.1 Å². The first-order chi connectivity index (χ1) is 14.1. The Morgan fingerprint density at radius 1 is 1.17 bits per heavy atom. The molecule has 0 saturated carbocycles. The van der Waals surface area contributed by atoms with Crippen molar-refractivity contribution in [2.45, 2.75) is 58.7 Å². The molecule has 2 amide bonds. The number of carbonyl (C=O) groups excluding carboxylic acids is 3. The number of amides is 2. The highest BCUT2D eigenvalue weighted by Crippen LogP contribution is 2.18. The first kappa shape index (κ1) is 23.3. The highest BCUT2D eigenvalue weighted by Gasteiger charge is 2.22. The summed E-state index contributed by atoms with van der Waals surface area (Å²) in [4.78, 5) is 35.9. The van der Waals surface area contributed by atoms with Crippen molar-refractivity contribution in [1.29, 1.82) is 0 Å². The molecule has 0 aliphatic rings. The lowest BCUT2D eigenvalue weighted by Crippen LogP contribution is -2.48. The van der Waals surface area contributed by atoms with Crippen LogP contribution in [0.1, 0.15) is 50.9 Å². The van der Waals surface area contributed by atoms with E-state index in [-0.39, 0.29) is 11.9 Å². The number of nitrogens with one attached hydrogen (secondary N) is 2. The summed E-state index contributed by atoms with van der Waals surface area (Å²) >= 11 is 0. The summed E-state index contributed by atoms with van der Waals surface area (Å²) in [5.41, 5.74) is 0.904. The van der Waals surface area contributed by atoms with Crippen molar-refractivity contribution in [3.8, 4) is 0 Å². The number of methoxy groups -OCH3 is 1. The van der Waals surface area contributed by atoms with Crippen molar-refractivity contribution in [1.82, 2.24) is 15.2 Å². The molecule has 8 heteroatoms. The van der Waals surface area contributed by atoms with Crippen LogP contribution in [0.25, 0.3) is 10.9 Å². The fraction of sp³-hybridized carbons (Fsp3) is 0.500. The topological polar surface area (TPSA) is 98.7 Å². The van der Waals surface area contributed by atoms with E-state index in [4.69, 9.17) is 9.47 Å². The van der Waals surface area contributed by atoms with Crippen molar-refractivity contribution in [3.05, 3.63) is 36.0 Å². The molecule has 8 nitrogen and oxygen atoms in total. The predicted molar refractivity (Wildman–Crippen MR) is 114 cm³/mol. The van der Waals surface area contributed by atoms with E-state index in [1.165, 1.54) is 7.11 Å². The third-order valence-corrected chi connectivity index (χ3v) is 4.48. The predicted octanol–water partition coefficient (Wildman–Crippen LogP) is 3.24. The number of fused-ring (bicyclic) bond motifs is 1. The molecule has 0 aliphatic carbocycles. The van der Waals surface area contributed by atoms with Crippen LogP contribution in [-0.2, 0) is 20.8 Å². The first-order valence-electron chi connectivity index (χ1n) is 10.1. The van der Waals surface area contributed by atoms with Crippen LogP contribution in [0.3, 0.4) is 0 Å². The van der Waals surface area contributed by atoms with E-state index in [0.717, 1.165) is 17.3 Å². The van der Waals surface area contributed by atoms with Gasteiger partial charge < -0.3 is 24.7 Å². The fourth-order valence-corrected chi connectivity index (χ4v) is 3.03. The summed E-state index contributed by atoms with van der Waals surface area (Å²) < 4.78 is 12.0. The molecule has 1 heterocycles. The lowest BCUT2D eigenvalue weighted by atomic mass is 10.1. The first-order valence-corrected chi connectivity index (χ1v) is 10.1. The number of aromatic nitrogens is 1. The highest BCUT2D eigenvalue weighted by molar-refractivity contribution is 5.94. The Hall–Kier alpha value is -3.03. The quantitative estimate of drug-likeness (QED) is 0.507. The van der Waals surface area contributed by atoms with Crippen LogP contribution in [0, 0.1) is 0 Å². The van der Waals surface area contributed by atoms with Crippen molar-refractivity contribution in [3.63, 3.8) is 0 Å². The fourth-order valence-electron chi connectivity index (χ4n) is 3.03. The Kier molecular flexibility index (Phi) is 7.86. The number of hydrogen-bond acceptors (Lipinski definition) is 5. The molecule has 1 aromatic carbocycles. The minimum Gasteiger partial charge on any atom is -0.465 e. The van der Waals surface area contributed by atoms with Crippen LogP contribution in [0.15, 0.2) is 30.5 Å². The Bertz CT molecular complexity index is 898. The van der Waals surface area contributed by atoms with Gasteiger partial charge in [-0.2, -0.15) is 0 Å². The normalized spacial score (nSPS) is 12.3. The maximum Gasteiger partial charge on any atom is 0.408 e.